The zero-order chi connectivity index (χ0) is 25.5. The van der Waals surface area contributed by atoms with Gasteiger partial charge in [-0.15, -0.1) is 12.8 Å². The van der Waals surface area contributed by atoms with Crippen LogP contribution in [0.5, 0.6) is 0 Å². The number of rotatable bonds is 2. The molecule has 1 fully saturated rings. The topological polar surface area (TPSA) is 0 Å². The smallest absolute Gasteiger partial charge is 1.00 e. The number of hydrogen-bond acceptors (Lipinski definition) is 0. The van der Waals surface area contributed by atoms with Gasteiger partial charge in [-0.25, -0.2) is 11.1 Å². The molecule has 4 aromatic carbocycles. The van der Waals surface area contributed by atoms with E-state index in [9.17, 15) is 0 Å². The van der Waals surface area contributed by atoms with Crippen LogP contribution >= 0.6 is 0 Å². The minimum Gasteiger partial charge on any atom is -1.00 e. The van der Waals surface area contributed by atoms with Gasteiger partial charge in [0, 0.05) is 9.52 Å². The van der Waals surface area contributed by atoms with Gasteiger partial charge in [0.15, 0.2) is 0 Å². The Kier molecular flexibility index (Phi) is 14.6. The average Bonchev–Trinajstić information content (AvgIpc) is 3.73. The van der Waals surface area contributed by atoms with Gasteiger partial charge < -0.3 is 24.8 Å². The van der Waals surface area contributed by atoms with Crippen LogP contribution in [0.25, 0.3) is 32.7 Å². The Balaban J connectivity index is 0.000000225. The Morgan fingerprint density at radius 1 is 0.550 bits per heavy atom. The second-order valence-electron chi connectivity index (χ2n) is 9.76. The fourth-order valence-corrected chi connectivity index (χ4v) is 6.53. The van der Waals surface area contributed by atoms with E-state index in [1.807, 2.05) is 0 Å². The molecule has 1 saturated heterocycles. The molecule has 0 atom stereocenters. The molecule has 0 nitrogen and oxygen atoms in total. The molecule has 0 saturated carbocycles. The fourth-order valence-electron chi connectivity index (χ4n) is 5.28. The zero-order valence-corrected chi connectivity index (χ0v) is 28.2. The molecule has 0 amide bonds. The summed E-state index contributed by atoms with van der Waals surface area (Å²) in [6.45, 7) is 4.28. The van der Waals surface area contributed by atoms with Crippen molar-refractivity contribution in [2.75, 3.05) is 0 Å². The molecule has 0 unspecified atom stereocenters. The first-order valence-electron chi connectivity index (χ1n) is 13.5. The van der Waals surface area contributed by atoms with E-state index in [-0.39, 0.29) is 51.0 Å². The summed E-state index contributed by atoms with van der Waals surface area (Å²) in [5, 5.41) is 5.28. The SMILES string of the molecule is C1CC[Si]C1.CC1=[C-]CC=C1c1cccc2ccccc12.CC1=[C-]CC=C1c1cccc2ccccc12.[Cl-].[Cl-].[Zr+4]. The average molecular weight is 657 g/mol. The summed E-state index contributed by atoms with van der Waals surface area (Å²) in [7, 11) is 1.31. The largest absolute Gasteiger partial charge is 4.00 e. The summed E-state index contributed by atoms with van der Waals surface area (Å²) in [5.41, 5.74) is 7.91. The van der Waals surface area contributed by atoms with Crippen LogP contribution in [0.15, 0.2) is 108 Å². The fraction of sp³-hybridized carbons (Fsp3) is 0.222. The van der Waals surface area contributed by atoms with Crippen LogP contribution in [-0.2, 0) is 26.2 Å². The summed E-state index contributed by atoms with van der Waals surface area (Å²) in [5.74, 6) is 0. The van der Waals surface area contributed by atoms with E-state index in [2.05, 4.69) is 123 Å². The predicted molar refractivity (Wildman–Crippen MR) is 163 cm³/mol. The summed E-state index contributed by atoms with van der Waals surface area (Å²) in [6, 6.07) is 33.1. The van der Waals surface area contributed by atoms with Gasteiger partial charge in [0.2, 0.25) is 0 Å². The summed E-state index contributed by atoms with van der Waals surface area (Å²) in [6.07, 6.45) is 16.2. The molecule has 0 bridgehead atoms. The first-order chi connectivity index (χ1) is 18.2. The van der Waals surface area contributed by atoms with E-state index in [1.54, 1.807) is 0 Å². The van der Waals surface area contributed by atoms with Gasteiger partial charge in [-0.3, -0.25) is 12.2 Å². The van der Waals surface area contributed by atoms with Gasteiger partial charge in [-0.1, -0.05) is 135 Å². The third-order valence-corrected chi connectivity index (χ3v) is 8.69. The van der Waals surface area contributed by atoms with Crippen molar-refractivity contribution >= 4 is 42.2 Å². The minimum absolute atomic E-state index is 0. The van der Waals surface area contributed by atoms with Crippen molar-refractivity contribution < 1.29 is 51.0 Å². The monoisotopic (exact) mass is 654 g/mol. The maximum atomic E-state index is 3.36. The first-order valence-corrected chi connectivity index (χ1v) is 14.9. The van der Waals surface area contributed by atoms with Gasteiger partial charge in [-0.05, 0) is 21.5 Å². The minimum atomic E-state index is 0. The Bertz CT molecular complexity index is 1400. The van der Waals surface area contributed by atoms with Crippen molar-refractivity contribution in [3.05, 3.63) is 132 Å². The first kappa shape index (κ1) is 34.2. The molecule has 40 heavy (non-hydrogen) atoms. The molecule has 1 heterocycles. The van der Waals surface area contributed by atoms with Crippen LogP contribution in [0.2, 0.25) is 12.1 Å². The third kappa shape index (κ3) is 8.29. The summed E-state index contributed by atoms with van der Waals surface area (Å²) >= 11 is 0. The maximum absolute atomic E-state index is 3.36. The van der Waals surface area contributed by atoms with Crippen LogP contribution in [-0.4, -0.2) is 9.52 Å². The van der Waals surface area contributed by atoms with Crippen molar-refractivity contribution in [3.63, 3.8) is 0 Å². The van der Waals surface area contributed by atoms with Crippen LogP contribution in [0.1, 0.15) is 50.7 Å². The molecule has 0 spiro atoms. The van der Waals surface area contributed by atoms with E-state index < -0.39 is 0 Å². The number of fused-ring (bicyclic) bond motifs is 2. The van der Waals surface area contributed by atoms with E-state index in [4.69, 9.17) is 0 Å². The Morgan fingerprint density at radius 2 is 0.950 bits per heavy atom. The molecule has 1 aliphatic heterocycles. The summed E-state index contributed by atoms with van der Waals surface area (Å²) < 4.78 is 0. The predicted octanol–water partition coefficient (Wildman–Crippen LogP) is 4.08. The molecule has 3 aliphatic rings. The molecular formula is C36H34Cl2SiZr. The molecular weight excluding hydrogens is 623 g/mol. The number of halogens is 2. The van der Waals surface area contributed by atoms with Crippen LogP contribution in [0, 0.1) is 12.2 Å². The molecule has 0 aromatic heterocycles. The van der Waals surface area contributed by atoms with E-state index >= 15 is 0 Å². The van der Waals surface area contributed by atoms with E-state index in [0.29, 0.717) is 0 Å². The van der Waals surface area contributed by atoms with E-state index in [1.165, 1.54) is 89.4 Å². The van der Waals surface area contributed by atoms with Crippen molar-refractivity contribution in [1.29, 1.82) is 0 Å². The Morgan fingerprint density at radius 3 is 1.30 bits per heavy atom. The summed E-state index contributed by atoms with van der Waals surface area (Å²) in [4.78, 5) is 0. The quantitative estimate of drug-likeness (QED) is 0.226. The van der Waals surface area contributed by atoms with E-state index in [0.717, 1.165) is 12.8 Å². The second kappa shape index (κ2) is 17.1. The molecule has 0 N–H and O–H groups in total. The Labute approximate surface area is 274 Å². The van der Waals surface area contributed by atoms with Crippen molar-refractivity contribution in [2.45, 2.75) is 51.6 Å². The van der Waals surface area contributed by atoms with Gasteiger partial charge in [0.25, 0.3) is 0 Å². The molecule has 2 aliphatic carbocycles. The second-order valence-corrected chi connectivity index (χ2v) is 11.3. The van der Waals surface area contributed by atoms with Crippen LogP contribution in [0.4, 0.5) is 0 Å². The van der Waals surface area contributed by atoms with Crippen LogP contribution in [0.3, 0.4) is 0 Å². The van der Waals surface area contributed by atoms with Crippen molar-refractivity contribution in [1.82, 2.24) is 0 Å². The Hall–Kier alpha value is -1.96. The molecule has 2 radical (unpaired) electrons. The third-order valence-electron chi connectivity index (χ3n) is 7.27. The molecule has 4 heteroatoms. The van der Waals surface area contributed by atoms with Gasteiger partial charge in [0.05, 0.1) is 0 Å². The van der Waals surface area contributed by atoms with Gasteiger partial charge in [-0.2, -0.15) is 23.3 Å². The van der Waals surface area contributed by atoms with Crippen LogP contribution < -0.4 is 24.8 Å². The molecule has 4 aromatic rings. The van der Waals surface area contributed by atoms with Crippen molar-refractivity contribution in [2.24, 2.45) is 0 Å². The number of allylic oxidation sites excluding steroid dienone is 8. The van der Waals surface area contributed by atoms with Gasteiger partial charge in [0.1, 0.15) is 0 Å². The van der Waals surface area contributed by atoms with Gasteiger partial charge >= 0.3 is 26.2 Å². The maximum Gasteiger partial charge on any atom is 4.00 e. The standard InChI is InChI=1S/2C16H13.C4H8Si.2ClH.Zr/c2*1-12-6-4-10-14(12)16-11-5-8-13-7-2-3-9-15(13)16;1-2-4-5-3-1;;;/h2*2-3,5,7-11H,4H2,1H3;1-4H2;2*1H;/q2*-1;;;;+4/p-2. The molecule has 7 rings (SSSR count). The normalized spacial score (nSPS) is 15.1. The number of benzene rings is 4. The number of hydrogen-bond donors (Lipinski definition) is 0. The zero-order valence-electron chi connectivity index (χ0n) is 23.2. The van der Waals surface area contributed by atoms with Crippen molar-refractivity contribution in [3.8, 4) is 0 Å². The molecule has 200 valence electrons.